The van der Waals surface area contributed by atoms with Crippen LogP contribution in [0.25, 0.3) is 0 Å². The first-order chi connectivity index (χ1) is 12.4. The zero-order chi connectivity index (χ0) is 19.1. The van der Waals surface area contributed by atoms with Crippen molar-refractivity contribution < 1.29 is 9.53 Å². The highest BCUT2D eigenvalue weighted by molar-refractivity contribution is 9.10. The standard InChI is InChI=1S/C19H29BrN4O2/c1-13(2)18(25)24-9-7-16(8-10-24)23-19(21-3)22-12-14-11-15(20)5-6-17(14)26-4/h5-6,11,13,16H,7-10,12H2,1-4H3,(H2,21,22,23). The van der Waals surface area contributed by atoms with Crippen LogP contribution in [0.2, 0.25) is 0 Å². The summed E-state index contributed by atoms with van der Waals surface area (Å²) in [4.78, 5) is 18.4. The summed E-state index contributed by atoms with van der Waals surface area (Å²) in [5, 5.41) is 6.81. The first-order valence-corrected chi connectivity index (χ1v) is 9.82. The summed E-state index contributed by atoms with van der Waals surface area (Å²) in [5.74, 6) is 1.92. The molecule has 2 rings (SSSR count). The molecule has 1 saturated heterocycles. The van der Waals surface area contributed by atoms with Gasteiger partial charge < -0.3 is 20.3 Å². The van der Waals surface area contributed by atoms with E-state index in [1.165, 1.54) is 0 Å². The molecule has 1 aromatic rings. The highest BCUT2D eigenvalue weighted by Gasteiger charge is 2.24. The van der Waals surface area contributed by atoms with Crippen LogP contribution in [-0.2, 0) is 11.3 Å². The molecule has 144 valence electrons. The molecule has 0 atom stereocenters. The van der Waals surface area contributed by atoms with Crippen LogP contribution in [-0.4, -0.2) is 50.1 Å². The average molecular weight is 425 g/mol. The maximum absolute atomic E-state index is 12.1. The van der Waals surface area contributed by atoms with Crippen molar-refractivity contribution in [2.45, 2.75) is 39.3 Å². The number of piperidine rings is 1. The van der Waals surface area contributed by atoms with Gasteiger partial charge in [0.15, 0.2) is 5.96 Å². The average Bonchev–Trinajstić information content (AvgIpc) is 2.65. The highest BCUT2D eigenvalue weighted by Crippen LogP contribution is 2.22. The first-order valence-electron chi connectivity index (χ1n) is 9.03. The van der Waals surface area contributed by atoms with Gasteiger partial charge in [-0.25, -0.2) is 0 Å². The number of hydrogen-bond donors (Lipinski definition) is 2. The largest absolute Gasteiger partial charge is 0.496 e. The zero-order valence-electron chi connectivity index (χ0n) is 16.0. The minimum absolute atomic E-state index is 0.0640. The number of amides is 1. The van der Waals surface area contributed by atoms with Gasteiger partial charge in [-0.2, -0.15) is 0 Å². The molecule has 1 aliphatic rings. The summed E-state index contributed by atoms with van der Waals surface area (Å²) >= 11 is 3.50. The Morgan fingerprint density at radius 3 is 2.65 bits per heavy atom. The topological polar surface area (TPSA) is 66.0 Å². The summed E-state index contributed by atoms with van der Waals surface area (Å²) in [6, 6.07) is 6.26. The number of aliphatic imine (C=N–C) groups is 1. The molecule has 26 heavy (non-hydrogen) atoms. The predicted molar refractivity (Wildman–Crippen MR) is 108 cm³/mol. The number of ether oxygens (including phenoxy) is 1. The van der Waals surface area contributed by atoms with Gasteiger partial charge in [-0.05, 0) is 31.0 Å². The SMILES string of the molecule is CN=C(NCc1cc(Br)ccc1OC)NC1CCN(C(=O)C(C)C)CC1. The Balaban J connectivity index is 1.86. The predicted octanol–water partition coefficient (Wildman–Crippen LogP) is 2.77. The van der Waals surface area contributed by atoms with Crippen molar-refractivity contribution in [1.29, 1.82) is 0 Å². The number of halogens is 1. The number of nitrogens with one attached hydrogen (secondary N) is 2. The molecule has 0 saturated carbocycles. The number of carbonyl (C=O) groups is 1. The summed E-state index contributed by atoms with van der Waals surface area (Å²) in [6.07, 6.45) is 1.86. The second kappa shape index (κ2) is 9.80. The molecule has 1 aliphatic heterocycles. The molecule has 0 unspecified atom stereocenters. The number of rotatable bonds is 5. The fraction of sp³-hybridized carbons (Fsp3) is 0.579. The first kappa shape index (κ1) is 20.6. The summed E-state index contributed by atoms with van der Waals surface area (Å²) in [5.41, 5.74) is 1.06. The van der Waals surface area contributed by atoms with Crippen LogP contribution >= 0.6 is 15.9 Å². The number of methoxy groups -OCH3 is 1. The van der Waals surface area contributed by atoms with Crippen molar-refractivity contribution in [3.8, 4) is 5.75 Å². The van der Waals surface area contributed by atoms with Gasteiger partial charge >= 0.3 is 0 Å². The molecular weight excluding hydrogens is 396 g/mol. The van der Waals surface area contributed by atoms with Crippen molar-refractivity contribution in [3.63, 3.8) is 0 Å². The molecule has 0 aromatic heterocycles. The van der Waals surface area contributed by atoms with Gasteiger partial charge in [-0.3, -0.25) is 9.79 Å². The second-order valence-electron chi connectivity index (χ2n) is 6.78. The molecule has 0 aliphatic carbocycles. The Bertz CT molecular complexity index is 640. The second-order valence-corrected chi connectivity index (χ2v) is 7.70. The van der Waals surface area contributed by atoms with Gasteiger partial charge in [-0.15, -0.1) is 0 Å². The van der Waals surface area contributed by atoms with E-state index in [4.69, 9.17) is 4.74 Å². The third-order valence-electron chi connectivity index (χ3n) is 4.55. The Labute approximate surface area is 164 Å². The van der Waals surface area contributed by atoms with Gasteiger partial charge in [0, 0.05) is 48.7 Å². The minimum atomic E-state index is 0.0640. The summed E-state index contributed by atoms with van der Waals surface area (Å²) in [7, 11) is 3.44. The lowest BCUT2D eigenvalue weighted by molar-refractivity contribution is -0.135. The van der Waals surface area contributed by atoms with Crippen LogP contribution in [0.4, 0.5) is 0 Å². The summed E-state index contributed by atoms with van der Waals surface area (Å²) < 4.78 is 6.43. The fourth-order valence-electron chi connectivity index (χ4n) is 3.06. The third-order valence-corrected chi connectivity index (χ3v) is 5.05. The van der Waals surface area contributed by atoms with Gasteiger partial charge in [0.25, 0.3) is 0 Å². The van der Waals surface area contributed by atoms with E-state index in [9.17, 15) is 4.79 Å². The Kier molecular flexibility index (Phi) is 7.75. The molecule has 1 aromatic carbocycles. The monoisotopic (exact) mass is 424 g/mol. The number of carbonyl (C=O) groups excluding carboxylic acids is 1. The lowest BCUT2D eigenvalue weighted by Gasteiger charge is -2.34. The van der Waals surface area contributed by atoms with E-state index in [0.717, 1.165) is 47.7 Å². The smallest absolute Gasteiger partial charge is 0.225 e. The van der Waals surface area contributed by atoms with Crippen LogP contribution in [0, 0.1) is 5.92 Å². The van der Waals surface area contributed by atoms with Gasteiger partial charge in [0.2, 0.25) is 5.91 Å². The number of likely N-dealkylation sites (tertiary alicyclic amines) is 1. The fourth-order valence-corrected chi connectivity index (χ4v) is 3.47. The van der Waals surface area contributed by atoms with Crippen molar-refractivity contribution in [2.24, 2.45) is 10.9 Å². The molecule has 1 amide bonds. The van der Waals surface area contributed by atoms with Gasteiger partial charge in [0.1, 0.15) is 5.75 Å². The lowest BCUT2D eigenvalue weighted by atomic mass is 10.0. The zero-order valence-corrected chi connectivity index (χ0v) is 17.6. The van der Waals surface area contributed by atoms with Crippen molar-refractivity contribution in [1.82, 2.24) is 15.5 Å². The molecule has 0 radical (unpaired) electrons. The summed E-state index contributed by atoms with van der Waals surface area (Å²) in [6.45, 7) is 6.12. The van der Waals surface area contributed by atoms with E-state index >= 15 is 0 Å². The Hall–Kier alpha value is -1.76. The Morgan fingerprint density at radius 2 is 2.08 bits per heavy atom. The van der Waals surface area contributed by atoms with E-state index in [2.05, 4.69) is 31.6 Å². The number of hydrogen-bond acceptors (Lipinski definition) is 3. The van der Waals surface area contributed by atoms with Crippen LogP contribution in [0.3, 0.4) is 0 Å². The van der Waals surface area contributed by atoms with Crippen LogP contribution in [0.5, 0.6) is 5.75 Å². The van der Waals surface area contributed by atoms with Crippen LogP contribution in [0.15, 0.2) is 27.7 Å². The van der Waals surface area contributed by atoms with Crippen molar-refractivity contribution >= 4 is 27.8 Å². The number of benzene rings is 1. The highest BCUT2D eigenvalue weighted by atomic mass is 79.9. The molecule has 7 heteroatoms. The van der Waals surface area contributed by atoms with E-state index in [0.29, 0.717) is 12.6 Å². The molecule has 1 fully saturated rings. The molecule has 0 bridgehead atoms. The van der Waals surface area contributed by atoms with E-state index < -0.39 is 0 Å². The maximum atomic E-state index is 12.1. The minimum Gasteiger partial charge on any atom is -0.496 e. The maximum Gasteiger partial charge on any atom is 0.225 e. The van der Waals surface area contributed by atoms with Gasteiger partial charge in [0.05, 0.1) is 7.11 Å². The molecule has 6 nitrogen and oxygen atoms in total. The Morgan fingerprint density at radius 1 is 1.38 bits per heavy atom. The molecule has 1 heterocycles. The van der Waals surface area contributed by atoms with Crippen LogP contribution < -0.4 is 15.4 Å². The molecule has 0 spiro atoms. The van der Waals surface area contributed by atoms with Crippen molar-refractivity contribution in [2.75, 3.05) is 27.2 Å². The van der Waals surface area contributed by atoms with Crippen molar-refractivity contribution in [3.05, 3.63) is 28.2 Å². The number of guanidine groups is 1. The van der Waals surface area contributed by atoms with E-state index in [1.807, 2.05) is 36.9 Å². The van der Waals surface area contributed by atoms with E-state index in [-0.39, 0.29) is 11.8 Å². The van der Waals surface area contributed by atoms with Crippen LogP contribution in [0.1, 0.15) is 32.3 Å². The normalized spacial score (nSPS) is 15.9. The lowest BCUT2D eigenvalue weighted by Crippen LogP contribution is -2.50. The molecule has 2 N–H and O–H groups in total. The van der Waals surface area contributed by atoms with E-state index in [1.54, 1.807) is 14.2 Å². The number of nitrogens with zero attached hydrogens (tertiary/aromatic N) is 2. The quantitative estimate of drug-likeness (QED) is 0.563. The van der Waals surface area contributed by atoms with Gasteiger partial charge in [-0.1, -0.05) is 29.8 Å². The molecular formula is C19H29BrN4O2. The third kappa shape index (κ3) is 5.62.